The van der Waals surface area contributed by atoms with E-state index in [2.05, 4.69) is 34.3 Å². The Hall–Kier alpha value is -3.26. The number of methoxy groups -OCH3 is 2. The SMILES string of the molecule is CCN(CC)CCNC(=O)c1cc(NC(=O)c2c(OC)cccc2OC)ccc1N1CCCC1. The van der Waals surface area contributed by atoms with E-state index in [4.69, 9.17) is 9.47 Å². The van der Waals surface area contributed by atoms with Crippen LogP contribution in [0.4, 0.5) is 11.4 Å². The molecule has 2 amide bonds. The van der Waals surface area contributed by atoms with E-state index >= 15 is 0 Å². The Labute approximate surface area is 202 Å². The highest BCUT2D eigenvalue weighted by atomic mass is 16.5. The molecule has 2 aromatic carbocycles. The molecule has 0 unspecified atom stereocenters. The predicted octanol–water partition coefficient (Wildman–Crippen LogP) is 3.63. The maximum absolute atomic E-state index is 13.2. The van der Waals surface area contributed by atoms with Gasteiger partial charge in [-0.2, -0.15) is 0 Å². The van der Waals surface area contributed by atoms with Crippen molar-refractivity contribution < 1.29 is 19.1 Å². The number of hydrogen-bond donors (Lipinski definition) is 2. The second-order valence-electron chi connectivity index (χ2n) is 8.20. The largest absolute Gasteiger partial charge is 0.496 e. The van der Waals surface area contributed by atoms with Crippen LogP contribution in [0.1, 0.15) is 47.4 Å². The van der Waals surface area contributed by atoms with Crippen molar-refractivity contribution in [1.82, 2.24) is 10.2 Å². The smallest absolute Gasteiger partial charge is 0.263 e. The molecular formula is C26H36N4O4. The highest BCUT2D eigenvalue weighted by Gasteiger charge is 2.22. The normalized spacial score (nSPS) is 13.1. The van der Waals surface area contributed by atoms with Crippen molar-refractivity contribution in [2.45, 2.75) is 26.7 Å². The molecule has 0 atom stereocenters. The van der Waals surface area contributed by atoms with E-state index in [1.807, 2.05) is 12.1 Å². The zero-order valence-corrected chi connectivity index (χ0v) is 20.6. The number of benzene rings is 2. The van der Waals surface area contributed by atoms with Gasteiger partial charge in [0.05, 0.1) is 19.8 Å². The average Bonchev–Trinajstić information content (AvgIpc) is 3.40. The molecule has 1 aliphatic heterocycles. The van der Waals surface area contributed by atoms with Gasteiger partial charge in [-0.05, 0) is 56.3 Å². The van der Waals surface area contributed by atoms with Crippen LogP contribution in [0.5, 0.6) is 11.5 Å². The van der Waals surface area contributed by atoms with E-state index in [1.165, 1.54) is 14.2 Å². The molecule has 1 aliphatic rings. The van der Waals surface area contributed by atoms with Gasteiger partial charge in [-0.25, -0.2) is 0 Å². The molecule has 1 heterocycles. The molecule has 184 valence electrons. The number of nitrogens with one attached hydrogen (secondary N) is 2. The molecule has 8 heteroatoms. The summed E-state index contributed by atoms with van der Waals surface area (Å²) in [4.78, 5) is 30.8. The van der Waals surface area contributed by atoms with Crippen molar-refractivity contribution in [3.8, 4) is 11.5 Å². The number of nitrogens with zero attached hydrogens (tertiary/aromatic N) is 2. The number of rotatable bonds is 11. The molecular weight excluding hydrogens is 432 g/mol. The fourth-order valence-corrected chi connectivity index (χ4v) is 4.26. The first-order valence-electron chi connectivity index (χ1n) is 11.9. The molecule has 0 saturated carbocycles. The van der Waals surface area contributed by atoms with Crippen molar-refractivity contribution in [3.05, 3.63) is 47.5 Å². The lowest BCUT2D eigenvalue weighted by molar-refractivity contribution is 0.0948. The Kier molecular flexibility index (Phi) is 9.16. The number of amides is 2. The van der Waals surface area contributed by atoms with Gasteiger partial charge in [-0.15, -0.1) is 0 Å². The van der Waals surface area contributed by atoms with Crippen molar-refractivity contribution in [3.63, 3.8) is 0 Å². The van der Waals surface area contributed by atoms with Crippen LogP contribution < -0.4 is 25.0 Å². The Morgan fingerprint density at radius 3 is 2.21 bits per heavy atom. The summed E-state index contributed by atoms with van der Waals surface area (Å²) in [5.41, 5.74) is 2.30. The Morgan fingerprint density at radius 2 is 1.62 bits per heavy atom. The summed E-state index contributed by atoms with van der Waals surface area (Å²) in [5.74, 6) is 0.330. The van der Waals surface area contributed by atoms with E-state index in [9.17, 15) is 9.59 Å². The molecule has 0 bridgehead atoms. The highest BCUT2D eigenvalue weighted by molar-refractivity contribution is 6.09. The minimum Gasteiger partial charge on any atom is -0.496 e. The maximum atomic E-state index is 13.2. The van der Waals surface area contributed by atoms with Crippen molar-refractivity contribution in [1.29, 1.82) is 0 Å². The minimum atomic E-state index is -0.365. The third-order valence-electron chi connectivity index (χ3n) is 6.21. The molecule has 2 N–H and O–H groups in total. The van der Waals surface area contributed by atoms with E-state index < -0.39 is 0 Å². The van der Waals surface area contributed by atoms with Gasteiger partial charge in [0, 0.05) is 37.6 Å². The third kappa shape index (κ3) is 5.99. The van der Waals surface area contributed by atoms with Gasteiger partial charge in [0.1, 0.15) is 17.1 Å². The van der Waals surface area contributed by atoms with Crippen molar-refractivity contribution in [2.24, 2.45) is 0 Å². The Bertz CT molecular complexity index is 963. The monoisotopic (exact) mass is 468 g/mol. The molecule has 0 aromatic heterocycles. The van der Waals surface area contributed by atoms with Gasteiger partial charge in [-0.1, -0.05) is 19.9 Å². The predicted molar refractivity (Wildman–Crippen MR) is 136 cm³/mol. The lowest BCUT2D eigenvalue weighted by Gasteiger charge is -2.23. The van der Waals surface area contributed by atoms with Crippen LogP contribution in [0, 0.1) is 0 Å². The molecule has 2 aromatic rings. The summed E-state index contributed by atoms with van der Waals surface area (Å²) in [6, 6.07) is 10.7. The Balaban J connectivity index is 1.84. The third-order valence-corrected chi connectivity index (χ3v) is 6.21. The lowest BCUT2D eigenvalue weighted by atomic mass is 10.1. The molecule has 0 radical (unpaired) electrons. The summed E-state index contributed by atoms with van der Waals surface area (Å²) >= 11 is 0. The standard InChI is InChI=1S/C26H36N4O4/c1-5-29(6-2)17-14-27-25(31)20-18-19(12-13-21(20)30-15-7-8-16-30)28-26(32)24-22(33-3)10-9-11-23(24)34-4/h9-13,18H,5-8,14-17H2,1-4H3,(H,27,31)(H,28,32). The van der Waals surface area contributed by atoms with Gasteiger partial charge in [0.25, 0.3) is 11.8 Å². The fourth-order valence-electron chi connectivity index (χ4n) is 4.26. The van der Waals surface area contributed by atoms with E-state index in [-0.39, 0.29) is 11.8 Å². The molecule has 3 rings (SSSR count). The minimum absolute atomic E-state index is 0.139. The zero-order valence-electron chi connectivity index (χ0n) is 20.6. The van der Waals surface area contributed by atoms with E-state index in [0.717, 1.165) is 51.3 Å². The van der Waals surface area contributed by atoms with Gasteiger partial charge < -0.3 is 29.9 Å². The van der Waals surface area contributed by atoms with Crippen LogP contribution in [0.3, 0.4) is 0 Å². The number of hydrogen-bond acceptors (Lipinski definition) is 6. The van der Waals surface area contributed by atoms with Crippen LogP contribution in [0.25, 0.3) is 0 Å². The molecule has 0 spiro atoms. The summed E-state index contributed by atoms with van der Waals surface area (Å²) in [5, 5.41) is 5.96. The van der Waals surface area contributed by atoms with Gasteiger partial charge in [-0.3, -0.25) is 9.59 Å². The second-order valence-corrected chi connectivity index (χ2v) is 8.20. The van der Waals surface area contributed by atoms with Gasteiger partial charge in [0.2, 0.25) is 0 Å². The van der Waals surface area contributed by atoms with Gasteiger partial charge >= 0.3 is 0 Å². The average molecular weight is 469 g/mol. The van der Waals surface area contributed by atoms with Crippen LogP contribution in [-0.2, 0) is 0 Å². The number of ether oxygens (including phenoxy) is 2. The van der Waals surface area contributed by atoms with Crippen molar-refractivity contribution >= 4 is 23.2 Å². The molecule has 1 fully saturated rings. The molecule has 1 saturated heterocycles. The van der Waals surface area contributed by atoms with Gasteiger partial charge in [0.15, 0.2) is 0 Å². The van der Waals surface area contributed by atoms with Crippen LogP contribution in [0.2, 0.25) is 0 Å². The van der Waals surface area contributed by atoms with E-state index in [1.54, 1.807) is 24.3 Å². The number of carbonyl (C=O) groups excluding carboxylic acids is 2. The van der Waals surface area contributed by atoms with Crippen LogP contribution in [-0.4, -0.2) is 70.2 Å². The second kappa shape index (κ2) is 12.3. The van der Waals surface area contributed by atoms with Crippen LogP contribution in [0.15, 0.2) is 36.4 Å². The number of carbonyl (C=O) groups is 2. The molecule has 0 aliphatic carbocycles. The highest BCUT2D eigenvalue weighted by Crippen LogP contribution is 2.31. The summed E-state index contributed by atoms with van der Waals surface area (Å²) in [7, 11) is 3.02. The summed E-state index contributed by atoms with van der Waals surface area (Å²) in [6.45, 7) is 9.31. The zero-order chi connectivity index (χ0) is 24.5. The lowest BCUT2D eigenvalue weighted by Crippen LogP contribution is -2.35. The maximum Gasteiger partial charge on any atom is 0.263 e. The van der Waals surface area contributed by atoms with Crippen molar-refractivity contribution in [2.75, 3.05) is 63.7 Å². The first kappa shape index (κ1) is 25.4. The topological polar surface area (TPSA) is 83.1 Å². The van der Waals surface area contributed by atoms with E-state index in [0.29, 0.717) is 34.9 Å². The quantitative estimate of drug-likeness (QED) is 0.524. The summed E-state index contributed by atoms with van der Waals surface area (Å²) < 4.78 is 10.7. The van der Waals surface area contributed by atoms with Crippen LogP contribution >= 0.6 is 0 Å². The molecule has 34 heavy (non-hydrogen) atoms. The summed E-state index contributed by atoms with van der Waals surface area (Å²) in [6.07, 6.45) is 2.21. The first-order chi connectivity index (χ1) is 16.5. The first-order valence-corrected chi connectivity index (χ1v) is 11.9. The Morgan fingerprint density at radius 1 is 0.971 bits per heavy atom. The molecule has 8 nitrogen and oxygen atoms in total. The number of anilines is 2. The number of likely N-dealkylation sites (N-methyl/N-ethyl adjacent to an activating group) is 1. The fraction of sp³-hybridized carbons (Fsp3) is 0.462.